The number of aromatic nitrogens is 2. The molecule has 4 rings (SSSR count). The lowest BCUT2D eigenvalue weighted by atomic mass is 10.0. The van der Waals surface area contributed by atoms with E-state index in [1.54, 1.807) is 0 Å². The minimum atomic E-state index is 0.799. The molecule has 3 aliphatic rings. The minimum absolute atomic E-state index is 0.799. The van der Waals surface area contributed by atoms with Gasteiger partial charge in [-0.2, -0.15) is 5.10 Å². The molecule has 2 fully saturated rings. The first kappa shape index (κ1) is 13.7. The molecule has 5 heteroatoms. The van der Waals surface area contributed by atoms with Gasteiger partial charge in [0.15, 0.2) is 0 Å². The zero-order valence-electron chi connectivity index (χ0n) is 13.2. The van der Waals surface area contributed by atoms with E-state index < -0.39 is 0 Å². The van der Waals surface area contributed by atoms with Crippen LogP contribution in [0.4, 0.5) is 0 Å². The van der Waals surface area contributed by atoms with Gasteiger partial charge >= 0.3 is 0 Å². The fourth-order valence-electron chi connectivity index (χ4n) is 4.05. The third-order valence-electron chi connectivity index (χ3n) is 5.52. The Morgan fingerprint density at radius 3 is 2.67 bits per heavy atom. The van der Waals surface area contributed by atoms with Gasteiger partial charge in [0, 0.05) is 69.7 Å². The summed E-state index contributed by atoms with van der Waals surface area (Å²) in [5.41, 5.74) is 2.97. The smallest absolute Gasteiger partial charge is 0.0537 e. The summed E-state index contributed by atoms with van der Waals surface area (Å²) in [7, 11) is 0. The molecule has 116 valence electrons. The number of piperazine rings is 1. The third-order valence-corrected chi connectivity index (χ3v) is 5.52. The zero-order chi connectivity index (χ0) is 14.2. The van der Waals surface area contributed by atoms with Gasteiger partial charge in [-0.3, -0.25) is 14.5 Å². The predicted octanol–water partition coefficient (Wildman–Crippen LogP) is 0.651. The Labute approximate surface area is 127 Å². The molecule has 0 aliphatic carbocycles. The molecule has 1 aromatic heterocycles. The number of likely N-dealkylation sites (tertiary alicyclic amines) is 1. The Morgan fingerprint density at radius 2 is 1.90 bits per heavy atom. The molecule has 0 bridgehead atoms. The van der Waals surface area contributed by atoms with Gasteiger partial charge in [0.05, 0.1) is 6.20 Å². The van der Waals surface area contributed by atoms with Gasteiger partial charge in [-0.25, -0.2) is 0 Å². The van der Waals surface area contributed by atoms with Crippen LogP contribution in [0, 0.1) is 0 Å². The molecule has 4 heterocycles. The van der Waals surface area contributed by atoms with Crippen LogP contribution in [0.25, 0.3) is 0 Å². The van der Waals surface area contributed by atoms with E-state index in [1.165, 1.54) is 69.9 Å². The molecule has 2 saturated heterocycles. The lowest BCUT2D eigenvalue weighted by molar-refractivity contribution is 0.00202. The van der Waals surface area contributed by atoms with Crippen LogP contribution in [0.15, 0.2) is 6.20 Å². The predicted molar refractivity (Wildman–Crippen MR) is 83.3 cm³/mol. The average molecular weight is 289 g/mol. The summed E-state index contributed by atoms with van der Waals surface area (Å²) < 4.78 is 2.20. The topological polar surface area (TPSA) is 27.5 Å². The maximum atomic E-state index is 4.51. The fraction of sp³-hybridized carbons (Fsp3) is 0.812. The Hall–Kier alpha value is -0.910. The molecule has 0 saturated carbocycles. The molecule has 1 aromatic rings. The van der Waals surface area contributed by atoms with Crippen LogP contribution in [-0.2, 0) is 19.5 Å². The van der Waals surface area contributed by atoms with Crippen molar-refractivity contribution in [3.05, 3.63) is 17.5 Å². The Balaban J connectivity index is 1.26. The molecule has 0 spiro atoms. The highest BCUT2D eigenvalue weighted by Crippen LogP contribution is 2.23. The van der Waals surface area contributed by atoms with Crippen LogP contribution in [-0.4, -0.2) is 76.3 Å². The van der Waals surface area contributed by atoms with E-state index in [-0.39, 0.29) is 0 Å². The van der Waals surface area contributed by atoms with Gasteiger partial charge < -0.3 is 4.90 Å². The van der Waals surface area contributed by atoms with Crippen LogP contribution >= 0.6 is 0 Å². The van der Waals surface area contributed by atoms with Crippen LogP contribution in [0.3, 0.4) is 0 Å². The molecule has 0 amide bonds. The number of hydrogen-bond donors (Lipinski definition) is 0. The van der Waals surface area contributed by atoms with Crippen LogP contribution in [0.2, 0.25) is 0 Å². The number of aryl methyl sites for hydroxylation is 1. The second-order valence-electron chi connectivity index (χ2n) is 6.76. The van der Waals surface area contributed by atoms with Crippen molar-refractivity contribution in [1.29, 1.82) is 0 Å². The maximum absolute atomic E-state index is 4.51. The molecular formula is C16H27N5. The van der Waals surface area contributed by atoms with E-state index >= 15 is 0 Å². The second kappa shape index (κ2) is 5.71. The first-order valence-corrected chi connectivity index (χ1v) is 8.56. The number of fused-ring (bicyclic) bond motifs is 1. The van der Waals surface area contributed by atoms with Crippen LogP contribution in [0.1, 0.15) is 24.6 Å². The number of rotatable bonds is 4. The summed E-state index contributed by atoms with van der Waals surface area (Å²) in [4.78, 5) is 7.85. The van der Waals surface area contributed by atoms with Gasteiger partial charge in [-0.05, 0) is 19.4 Å². The van der Waals surface area contributed by atoms with Gasteiger partial charge in [-0.15, -0.1) is 0 Å². The summed E-state index contributed by atoms with van der Waals surface area (Å²) in [6.45, 7) is 13.2. The lowest BCUT2D eigenvalue weighted by Crippen LogP contribution is -2.62. The fourth-order valence-corrected chi connectivity index (χ4v) is 4.05. The minimum Gasteiger partial charge on any atom is -0.301 e. The summed E-state index contributed by atoms with van der Waals surface area (Å²) in [5, 5.41) is 4.51. The normalized spacial score (nSPS) is 25.2. The summed E-state index contributed by atoms with van der Waals surface area (Å²) in [5.74, 6) is 0. The Kier molecular flexibility index (Phi) is 3.73. The zero-order valence-corrected chi connectivity index (χ0v) is 13.2. The van der Waals surface area contributed by atoms with Crippen LogP contribution in [0.5, 0.6) is 0 Å². The number of hydrogen-bond acceptors (Lipinski definition) is 4. The van der Waals surface area contributed by atoms with Gasteiger partial charge in [0.1, 0.15) is 0 Å². The number of likely N-dealkylation sites (N-methyl/N-ethyl adjacent to an activating group) is 1. The van der Waals surface area contributed by atoms with Crippen molar-refractivity contribution in [3.63, 3.8) is 0 Å². The van der Waals surface area contributed by atoms with Crippen molar-refractivity contribution in [2.24, 2.45) is 0 Å². The van der Waals surface area contributed by atoms with E-state index in [1.807, 2.05) is 0 Å². The Bertz CT molecular complexity index is 483. The molecule has 5 nitrogen and oxygen atoms in total. The van der Waals surface area contributed by atoms with Crippen molar-refractivity contribution in [3.8, 4) is 0 Å². The number of nitrogens with zero attached hydrogens (tertiary/aromatic N) is 5. The largest absolute Gasteiger partial charge is 0.301 e. The highest BCUT2D eigenvalue weighted by molar-refractivity contribution is 5.20. The van der Waals surface area contributed by atoms with Gasteiger partial charge in [0.2, 0.25) is 0 Å². The second-order valence-corrected chi connectivity index (χ2v) is 6.76. The summed E-state index contributed by atoms with van der Waals surface area (Å²) in [6.07, 6.45) is 4.61. The monoisotopic (exact) mass is 289 g/mol. The summed E-state index contributed by atoms with van der Waals surface area (Å²) >= 11 is 0. The molecule has 0 aromatic carbocycles. The summed E-state index contributed by atoms with van der Waals surface area (Å²) in [6, 6.07) is 0.799. The first-order chi connectivity index (χ1) is 10.3. The maximum Gasteiger partial charge on any atom is 0.0537 e. The lowest BCUT2D eigenvalue weighted by Gasteiger charge is -2.48. The molecule has 21 heavy (non-hydrogen) atoms. The van der Waals surface area contributed by atoms with Crippen molar-refractivity contribution in [2.75, 3.05) is 45.8 Å². The van der Waals surface area contributed by atoms with E-state index in [2.05, 4.69) is 37.6 Å². The molecule has 0 N–H and O–H groups in total. The van der Waals surface area contributed by atoms with E-state index in [4.69, 9.17) is 0 Å². The van der Waals surface area contributed by atoms with E-state index in [9.17, 15) is 0 Å². The van der Waals surface area contributed by atoms with E-state index in [0.717, 1.165) is 19.1 Å². The van der Waals surface area contributed by atoms with Crippen LogP contribution < -0.4 is 0 Å². The molecular weight excluding hydrogens is 262 g/mol. The third kappa shape index (κ3) is 2.62. The van der Waals surface area contributed by atoms with Crippen molar-refractivity contribution < 1.29 is 0 Å². The highest BCUT2D eigenvalue weighted by Gasteiger charge is 2.33. The Morgan fingerprint density at radius 1 is 1.10 bits per heavy atom. The van der Waals surface area contributed by atoms with Gasteiger partial charge in [-0.1, -0.05) is 6.92 Å². The quantitative estimate of drug-likeness (QED) is 0.813. The standard InChI is InChI=1S/C16H27N5/c1-2-18-6-8-20(9-7-18)15-12-19(13-15)11-14-10-17-21-5-3-4-16(14)21/h10,15H,2-9,11-13H2,1H3. The van der Waals surface area contributed by atoms with Crippen molar-refractivity contribution in [2.45, 2.75) is 38.9 Å². The van der Waals surface area contributed by atoms with Crippen molar-refractivity contribution in [1.82, 2.24) is 24.5 Å². The molecule has 0 atom stereocenters. The molecule has 0 unspecified atom stereocenters. The molecule has 3 aliphatic heterocycles. The van der Waals surface area contributed by atoms with Crippen molar-refractivity contribution >= 4 is 0 Å². The van der Waals surface area contributed by atoms with Gasteiger partial charge in [0.25, 0.3) is 0 Å². The first-order valence-electron chi connectivity index (χ1n) is 8.56. The van der Waals surface area contributed by atoms with E-state index in [0.29, 0.717) is 0 Å². The SMILES string of the molecule is CCN1CCN(C2CN(Cc3cnn4c3CCC4)C2)CC1. The molecule has 0 radical (unpaired) electrons. The average Bonchev–Trinajstić information content (AvgIpc) is 3.07. The highest BCUT2D eigenvalue weighted by atomic mass is 15.4.